The molecule has 0 atom stereocenters. The van der Waals surface area contributed by atoms with E-state index in [1.54, 1.807) is 23.0 Å². The first-order chi connectivity index (χ1) is 11.1. The maximum absolute atomic E-state index is 12.2. The number of anilines is 1. The minimum absolute atomic E-state index is 0.152. The molecule has 1 N–H and O–H groups in total. The van der Waals surface area contributed by atoms with Crippen LogP contribution >= 0.6 is 31.9 Å². The van der Waals surface area contributed by atoms with Gasteiger partial charge in [-0.05, 0) is 42.0 Å². The van der Waals surface area contributed by atoms with Crippen molar-refractivity contribution in [2.45, 2.75) is 6.54 Å². The fraction of sp³-hybridized carbons (Fsp3) is 0.0588. The third-order valence-electron chi connectivity index (χ3n) is 3.26. The van der Waals surface area contributed by atoms with Gasteiger partial charge in [0.1, 0.15) is 0 Å². The Bertz CT molecular complexity index is 811. The van der Waals surface area contributed by atoms with Gasteiger partial charge in [0.25, 0.3) is 5.91 Å². The monoisotopic (exact) mass is 433 g/mol. The zero-order chi connectivity index (χ0) is 16.2. The lowest BCUT2D eigenvalue weighted by molar-refractivity contribution is 0.102. The summed E-state index contributed by atoms with van der Waals surface area (Å²) in [7, 11) is 0. The van der Waals surface area contributed by atoms with Gasteiger partial charge in [-0.1, -0.05) is 44.0 Å². The highest BCUT2D eigenvalue weighted by molar-refractivity contribution is 9.10. The van der Waals surface area contributed by atoms with Crippen LogP contribution in [0.15, 0.2) is 69.9 Å². The number of halogens is 2. The zero-order valence-electron chi connectivity index (χ0n) is 12.0. The van der Waals surface area contributed by atoms with Gasteiger partial charge in [0.15, 0.2) is 0 Å². The minimum Gasteiger partial charge on any atom is -0.319 e. The predicted octanol–water partition coefficient (Wildman–Crippen LogP) is 4.71. The highest BCUT2D eigenvalue weighted by atomic mass is 79.9. The van der Waals surface area contributed by atoms with Crippen LogP contribution in [-0.4, -0.2) is 15.7 Å². The predicted molar refractivity (Wildman–Crippen MR) is 97.6 cm³/mol. The molecule has 0 aliphatic heterocycles. The summed E-state index contributed by atoms with van der Waals surface area (Å²) >= 11 is 6.77. The lowest BCUT2D eigenvalue weighted by atomic mass is 10.2. The average molecular weight is 435 g/mol. The van der Waals surface area contributed by atoms with Gasteiger partial charge in [0.05, 0.1) is 18.4 Å². The van der Waals surface area contributed by atoms with Crippen LogP contribution in [-0.2, 0) is 6.54 Å². The third kappa shape index (κ3) is 4.30. The van der Waals surface area contributed by atoms with Crippen molar-refractivity contribution in [3.05, 3.63) is 81.0 Å². The summed E-state index contributed by atoms with van der Waals surface area (Å²) in [5, 5.41) is 7.13. The van der Waals surface area contributed by atoms with Gasteiger partial charge < -0.3 is 5.32 Å². The molecule has 0 unspecified atom stereocenters. The van der Waals surface area contributed by atoms with Crippen molar-refractivity contribution in [2.24, 2.45) is 0 Å². The van der Waals surface area contributed by atoms with Crippen LogP contribution in [0.25, 0.3) is 0 Å². The summed E-state index contributed by atoms with van der Waals surface area (Å²) in [6, 6.07) is 15.3. The van der Waals surface area contributed by atoms with Crippen LogP contribution in [0.4, 0.5) is 5.69 Å². The molecule has 0 spiro atoms. The molecular weight excluding hydrogens is 422 g/mol. The molecule has 0 radical (unpaired) electrons. The van der Waals surface area contributed by atoms with Crippen molar-refractivity contribution >= 4 is 43.5 Å². The summed E-state index contributed by atoms with van der Waals surface area (Å²) in [6.45, 7) is 0.654. The first-order valence-corrected chi connectivity index (χ1v) is 8.52. The number of hydrogen-bond acceptors (Lipinski definition) is 2. The molecule has 4 nitrogen and oxygen atoms in total. The summed E-state index contributed by atoms with van der Waals surface area (Å²) in [5.74, 6) is -0.152. The second-order valence-corrected chi connectivity index (χ2v) is 6.85. The number of carbonyl (C=O) groups excluding carboxylic acids is 1. The molecule has 0 saturated carbocycles. The molecule has 0 aliphatic rings. The molecule has 0 aliphatic carbocycles. The van der Waals surface area contributed by atoms with E-state index < -0.39 is 0 Å². The highest BCUT2D eigenvalue weighted by Gasteiger charge is 2.07. The van der Waals surface area contributed by atoms with Crippen LogP contribution in [0.3, 0.4) is 0 Å². The molecule has 1 heterocycles. The number of benzene rings is 2. The molecule has 1 aromatic heterocycles. The molecule has 23 heavy (non-hydrogen) atoms. The Labute approximate surface area is 150 Å². The van der Waals surface area contributed by atoms with Crippen LogP contribution < -0.4 is 5.32 Å². The lowest BCUT2D eigenvalue weighted by Crippen LogP contribution is -2.11. The number of rotatable bonds is 4. The largest absolute Gasteiger partial charge is 0.319 e. The van der Waals surface area contributed by atoms with Gasteiger partial charge in [-0.25, -0.2) is 0 Å². The van der Waals surface area contributed by atoms with Crippen molar-refractivity contribution in [2.75, 3.05) is 5.32 Å². The number of nitrogens with zero attached hydrogens (tertiary/aromatic N) is 2. The van der Waals surface area contributed by atoms with Crippen molar-refractivity contribution in [1.29, 1.82) is 0 Å². The van der Waals surface area contributed by atoms with Gasteiger partial charge >= 0.3 is 0 Å². The van der Waals surface area contributed by atoms with Gasteiger partial charge in [0.2, 0.25) is 0 Å². The minimum atomic E-state index is -0.152. The van der Waals surface area contributed by atoms with E-state index in [0.717, 1.165) is 14.5 Å². The zero-order valence-corrected chi connectivity index (χ0v) is 15.2. The van der Waals surface area contributed by atoms with Crippen molar-refractivity contribution < 1.29 is 4.79 Å². The maximum atomic E-state index is 12.2. The Balaban J connectivity index is 1.66. The Morgan fingerprint density at radius 2 is 1.61 bits per heavy atom. The van der Waals surface area contributed by atoms with E-state index in [9.17, 15) is 4.79 Å². The summed E-state index contributed by atoms with van der Waals surface area (Å²) in [6.07, 6.45) is 3.47. The van der Waals surface area contributed by atoms with Crippen molar-refractivity contribution in [3.63, 3.8) is 0 Å². The van der Waals surface area contributed by atoms with Crippen molar-refractivity contribution in [3.8, 4) is 0 Å². The second kappa shape index (κ2) is 7.10. The molecule has 1 amide bonds. The van der Waals surface area contributed by atoms with E-state index in [4.69, 9.17) is 0 Å². The molecule has 0 fully saturated rings. The number of nitrogens with one attached hydrogen (secondary N) is 1. The lowest BCUT2D eigenvalue weighted by Gasteiger charge is -2.03. The normalized spacial score (nSPS) is 10.5. The first-order valence-electron chi connectivity index (χ1n) is 6.94. The smallest absolute Gasteiger partial charge is 0.255 e. The van der Waals surface area contributed by atoms with E-state index in [2.05, 4.69) is 42.3 Å². The van der Waals surface area contributed by atoms with Crippen molar-refractivity contribution in [1.82, 2.24) is 9.78 Å². The van der Waals surface area contributed by atoms with Gasteiger partial charge in [0, 0.05) is 20.7 Å². The summed E-state index contributed by atoms with van der Waals surface area (Å²) in [4.78, 5) is 12.2. The summed E-state index contributed by atoms with van der Waals surface area (Å²) < 4.78 is 3.78. The number of amides is 1. The van der Waals surface area contributed by atoms with Gasteiger partial charge in [-0.3, -0.25) is 9.48 Å². The van der Waals surface area contributed by atoms with Crippen LogP contribution in [0.2, 0.25) is 0 Å². The first kappa shape index (κ1) is 16.0. The standard InChI is InChI=1S/C17H13Br2N3O/c18-14-5-1-12(2-6-14)10-22-11-16(9-20-22)21-17(23)13-3-7-15(19)8-4-13/h1-9,11H,10H2,(H,21,23). The number of aromatic nitrogens is 2. The quantitative estimate of drug-likeness (QED) is 0.646. The third-order valence-corrected chi connectivity index (χ3v) is 4.31. The molecule has 3 aromatic rings. The highest BCUT2D eigenvalue weighted by Crippen LogP contribution is 2.14. The van der Waals surface area contributed by atoms with E-state index in [1.807, 2.05) is 42.6 Å². The Hall–Kier alpha value is -1.92. The topological polar surface area (TPSA) is 46.9 Å². The van der Waals surface area contributed by atoms with Crippen LogP contribution in [0.1, 0.15) is 15.9 Å². The molecular formula is C17H13Br2N3O. The Morgan fingerprint density at radius 3 is 2.26 bits per heavy atom. The van der Waals surface area contributed by atoms with E-state index in [-0.39, 0.29) is 5.91 Å². The van der Waals surface area contributed by atoms with Gasteiger partial charge in [-0.15, -0.1) is 0 Å². The Kier molecular flexibility index (Phi) is 4.93. The fourth-order valence-electron chi connectivity index (χ4n) is 2.10. The molecule has 0 saturated heterocycles. The maximum Gasteiger partial charge on any atom is 0.255 e. The molecule has 3 rings (SSSR count). The Morgan fingerprint density at radius 1 is 1.00 bits per heavy atom. The molecule has 116 valence electrons. The van der Waals surface area contributed by atoms with Crippen LogP contribution in [0, 0.1) is 0 Å². The SMILES string of the molecule is O=C(Nc1cnn(Cc2ccc(Br)cc2)c1)c1ccc(Br)cc1. The van der Waals surface area contributed by atoms with E-state index in [1.165, 1.54) is 0 Å². The van der Waals surface area contributed by atoms with E-state index >= 15 is 0 Å². The number of carbonyl (C=O) groups is 1. The van der Waals surface area contributed by atoms with Gasteiger partial charge in [-0.2, -0.15) is 5.10 Å². The van der Waals surface area contributed by atoms with E-state index in [0.29, 0.717) is 17.8 Å². The molecule has 6 heteroatoms. The second-order valence-electron chi connectivity index (χ2n) is 5.01. The summed E-state index contributed by atoms with van der Waals surface area (Å²) in [5.41, 5.74) is 2.42. The fourth-order valence-corrected chi connectivity index (χ4v) is 2.62. The average Bonchev–Trinajstić information content (AvgIpc) is 2.97. The van der Waals surface area contributed by atoms with Crippen LogP contribution in [0.5, 0.6) is 0 Å². The molecule has 2 aromatic carbocycles. The number of hydrogen-bond donors (Lipinski definition) is 1. The molecule has 0 bridgehead atoms.